The molecule has 1 aliphatic carbocycles. The van der Waals surface area contributed by atoms with E-state index in [1.54, 1.807) is 0 Å². The maximum atomic E-state index is 5.67. The number of benzene rings is 1. The number of ether oxygens (including phenoxy) is 1. The summed E-state index contributed by atoms with van der Waals surface area (Å²) in [6, 6.07) is 8.60. The Morgan fingerprint density at radius 2 is 1.61 bits per heavy atom. The number of aromatic nitrogens is 2. The number of nitrogens with zero attached hydrogens (tertiary/aromatic N) is 2. The molecule has 1 aliphatic rings. The Kier molecular flexibility index (Phi) is 5.11. The zero-order chi connectivity index (χ0) is 16.1. The zero-order valence-electron chi connectivity index (χ0n) is 14.0. The van der Waals surface area contributed by atoms with Crippen molar-refractivity contribution in [1.82, 2.24) is 9.97 Å². The molecule has 0 saturated heterocycles. The van der Waals surface area contributed by atoms with Crippen LogP contribution in [0.4, 0.5) is 5.95 Å². The van der Waals surface area contributed by atoms with E-state index in [-0.39, 0.29) is 6.10 Å². The SMILES string of the molecule is CC(C)Oc1ccc(-c2cnc(NC3CCCCC3)nc2)cc1. The van der Waals surface area contributed by atoms with Crippen LogP contribution in [0, 0.1) is 0 Å². The van der Waals surface area contributed by atoms with Crippen LogP contribution < -0.4 is 10.1 Å². The maximum absolute atomic E-state index is 5.67. The molecule has 0 atom stereocenters. The van der Waals surface area contributed by atoms with Crippen LogP contribution in [0.1, 0.15) is 46.0 Å². The van der Waals surface area contributed by atoms with E-state index in [9.17, 15) is 0 Å². The lowest BCUT2D eigenvalue weighted by molar-refractivity contribution is 0.242. The second-order valence-electron chi connectivity index (χ2n) is 6.47. The van der Waals surface area contributed by atoms with Crippen molar-refractivity contribution in [2.45, 2.75) is 58.1 Å². The molecule has 4 nitrogen and oxygen atoms in total. The number of nitrogens with one attached hydrogen (secondary N) is 1. The highest BCUT2D eigenvalue weighted by atomic mass is 16.5. The molecule has 2 aromatic rings. The van der Waals surface area contributed by atoms with Gasteiger partial charge in [-0.25, -0.2) is 9.97 Å². The average Bonchev–Trinajstić information content (AvgIpc) is 2.57. The lowest BCUT2D eigenvalue weighted by Gasteiger charge is -2.22. The highest BCUT2D eigenvalue weighted by Crippen LogP contribution is 2.23. The van der Waals surface area contributed by atoms with Crippen LogP contribution in [0.15, 0.2) is 36.7 Å². The first-order valence-electron chi connectivity index (χ1n) is 8.56. The Hall–Kier alpha value is -2.10. The van der Waals surface area contributed by atoms with Gasteiger partial charge in [0, 0.05) is 24.0 Å². The van der Waals surface area contributed by atoms with Gasteiger partial charge in [-0.3, -0.25) is 0 Å². The van der Waals surface area contributed by atoms with Crippen LogP contribution in [0.3, 0.4) is 0 Å². The topological polar surface area (TPSA) is 47.0 Å². The first-order valence-corrected chi connectivity index (χ1v) is 8.56. The van der Waals surface area contributed by atoms with E-state index in [0.717, 1.165) is 22.8 Å². The van der Waals surface area contributed by atoms with Gasteiger partial charge in [0.1, 0.15) is 5.75 Å². The van der Waals surface area contributed by atoms with Crippen LogP contribution >= 0.6 is 0 Å². The van der Waals surface area contributed by atoms with Crippen molar-refractivity contribution in [1.29, 1.82) is 0 Å². The summed E-state index contributed by atoms with van der Waals surface area (Å²) >= 11 is 0. The molecule has 1 N–H and O–H groups in total. The summed E-state index contributed by atoms with van der Waals surface area (Å²) in [5, 5.41) is 3.45. The van der Waals surface area contributed by atoms with Crippen LogP contribution in [-0.4, -0.2) is 22.1 Å². The monoisotopic (exact) mass is 311 g/mol. The van der Waals surface area contributed by atoms with Crippen LogP contribution in [-0.2, 0) is 0 Å². The quantitative estimate of drug-likeness (QED) is 0.871. The van der Waals surface area contributed by atoms with Gasteiger partial charge in [-0.15, -0.1) is 0 Å². The standard InChI is InChI=1S/C19H25N3O/c1-14(2)23-18-10-8-15(9-11-18)16-12-20-19(21-13-16)22-17-6-4-3-5-7-17/h8-14,17H,3-7H2,1-2H3,(H,20,21,22). The molecule has 1 aromatic carbocycles. The molecular formula is C19H25N3O. The summed E-state index contributed by atoms with van der Waals surface area (Å²) in [4.78, 5) is 8.93. The number of anilines is 1. The van der Waals surface area contributed by atoms with Gasteiger partial charge in [-0.2, -0.15) is 0 Å². The van der Waals surface area contributed by atoms with E-state index in [4.69, 9.17) is 4.74 Å². The fourth-order valence-corrected chi connectivity index (χ4v) is 2.98. The molecule has 1 aromatic heterocycles. The predicted molar refractivity (Wildman–Crippen MR) is 93.7 cm³/mol. The van der Waals surface area contributed by atoms with Gasteiger partial charge in [0.15, 0.2) is 0 Å². The Morgan fingerprint density at radius 1 is 0.957 bits per heavy atom. The average molecular weight is 311 g/mol. The highest BCUT2D eigenvalue weighted by molar-refractivity contribution is 5.62. The third-order valence-corrected chi connectivity index (χ3v) is 4.15. The normalized spacial score (nSPS) is 15.6. The first-order chi connectivity index (χ1) is 11.2. The van der Waals surface area contributed by atoms with E-state index in [1.165, 1.54) is 32.1 Å². The van der Waals surface area contributed by atoms with Crippen LogP contribution in [0.2, 0.25) is 0 Å². The lowest BCUT2D eigenvalue weighted by Crippen LogP contribution is -2.23. The van der Waals surface area contributed by atoms with Crippen molar-refractivity contribution in [3.05, 3.63) is 36.7 Å². The molecular weight excluding hydrogens is 286 g/mol. The maximum Gasteiger partial charge on any atom is 0.222 e. The molecule has 3 rings (SSSR count). The van der Waals surface area contributed by atoms with Gasteiger partial charge in [0.25, 0.3) is 0 Å². The van der Waals surface area contributed by atoms with Gasteiger partial charge in [0.2, 0.25) is 5.95 Å². The molecule has 4 heteroatoms. The first kappa shape index (κ1) is 15.8. The van der Waals surface area contributed by atoms with E-state index in [1.807, 2.05) is 50.5 Å². The van der Waals surface area contributed by atoms with Crippen molar-refractivity contribution in [2.75, 3.05) is 5.32 Å². The molecule has 0 spiro atoms. The van der Waals surface area contributed by atoms with Crippen molar-refractivity contribution in [2.24, 2.45) is 0 Å². The summed E-state index contributed by atoms with van der Waals surface area (Å²) in [6.07, 6.45) is 10.4. The second kappa shape index (κ2) is 7.44. The van der Waals surface area contributed by atoms with E-state index in [2.05, 4.69) is 15.3 Å². The highest BCUT2D eigenvalue weighted by Gasteiger charge is 2.13. The summed E-state index contributed by atoms with van der Waals surface area (Å²) in [6.45, 7) is 4.06. The molecule has 0 amide bonds. The summed E-state index contributed by atoms with van der Waals surface area (Å²) in [5.41, 5.74) is 2.13. The van der Waals surface area contributed by atoms with Crippen molar-refractivity contribution in [3.63, 3.8) is 0 Å². The molecule has 0 bridgehead atoms. The van der Waals surface area contributed by atoms with Gasteiger partial charge in [-0.05, 0) is 44.4 Å². The summed E-state index contributed by atoms with van der Waals surface area (Å²) in [7, 11) is 0. The van der Waals surface area contributed by atoms with Crippen molar-refractivity contribution >= 4 is 5.95 Å². The van der Waals surface area contributed by atoms with Gasteiger partial charge >= 0.3 is 0 Å². The predicted octanol–water partition coefficient (Wildman–Crippen LogP) is 4.68. The molecule has 0 radical (unpaired) electrons. The third kappa shape index (κ3) is 4.44. The molecule has 1 heterocycles. The van der Waals surface area contributed by atoms with Gasteiger partial charge < -0.3 is 10.1 Å². The number of hydrogen-bond acceptors (Lipinski definition) is 4. The zero-order valence-corrected chi connectivity index (χ0v) is 14.0. The number of hydrogen-bond donors (Lipinski definition) is 1. The fourth-order valence-electron chi connectivity index (χ4n) is 2.98. The summed E-state index contributed by atoms with van der Waals surface area (Å²) in [5.74, 6) is 1.63. The Balaban J connectivity index is 1.64. The largest absolute Gasteiger partial charge is 0.491 e. The third-order valence-electron chi connectivity index (χ3n) is 4.15. The lowest BCUT2D eigenvalue weighted by atomic mass is 9.96. The molecule has 122 valence electrons. The Bertz CT molecular complexity index is 602. The van der Waals surface area contributed by atoms with Crippen molar-refractivity contribution in [3.8, 4) is 16.9 Å². The van der Waals surface area contributed by atoms with Crippen LogP contribution in [0.5, 0.6) is 5.75 Å². The Morgan fingerprint density at radius 3 is 2.22 bits per heavy atom. The molecule has 23 heavy (non-hydrogen) atoms. The summed E-state index contributed by atoms with van der Waals surface area (Å²) < 4.78 is 5.67. The second-order valence-corrected chi connectivity index (χ2v) is 6.47. The Labute approximate surface area is 138 Å². The minimum atomic E-state index is 0.189. The van der Waals surface area contributed by atoms with E-state index < -0.39 is 0 Å². The van der Waals surface area contributed by atoms with Gasteiger partial charge in [-0.1, -0.05) is 31.4 Å². The number of rotatable bonds is 5. The minimum absolute atomic E-state index is 0.189. The van der Waals surface area contributed by atoms with E-state index in [0.29, 0.717) is 6.04 Å². The molecule has 0 aliphatic heterocycles. The molecule has 1 saturated carbocycles. The fraction of sp³-hybridized carbons (Fsp3) is 0.474. The van der Waals surface area contributed by atoms with Crippen molar-refractivity contribution < 1.29 is 4.74 Å². The van der Waals surface area contributed by atoms with Crippen LogP contribution in [0.25, 0.3) is 11.1 Å². The molecule has 0 unspecified atom stereocenters. The van der Waals surface area contributed by atoms with Gasteiger partial charge in [0.05, 0.1) is 6.10 Å². The molecule has 1 fully saturated rings. The smallest absolute Gasteiger partial charge is 0.222 e. The van der Waals surface area contributed by atoms with E-state index >= 15 is 0 Å². The minimum Gasteiger partial charge on any atom is -0.491 e.